The Morgan fingerprint density at radius 2 is 0.586 bits per heavy atom. The van der Waals surface area contributed by atoms with Crippen molar-refractivity contribution in [1.29, 1.82) is 0 Å². The van der Waals surface area contributed by atoms with Crippen molar-refractivity contribution < 1.29 is 0 Å². The Balaban J connectivity index is 6.54. The quantitative estimate of drug-likeness (QED) is 0.202. The maximum atomic E-state index is 3.91. The third kappa shape index (κ3) is 8.29. The Labute approximate surface area is 191 Å². The molecule has 0 amide bonds. The summed E-state index contributed by atoms with van der Waals surface area (Å²) in [5.74, 6) is 0. The van der Waals surface area contributed by atoms with Crippen molar-refractivity contribution in [2.45, 2.75) is 122 Å². The second kappa shape index (κ2) is 13.5. The normalized spacial score (nSPS) is 12.2. The second-order valence-corrected chi connectivity index (χ2v) is 32.3. The summed E-state index contributed by atoms with van der Waals surface area (Å²) in [6.07, 6.45) is 0. The van der Waals surface area contributed by atoms with Gasteiger partial charge in [-0.25, -0.2) is 0 Å². The van der Waals surface area contributed by atoms with Crippen LogP contribution in [-0.2, 0) is 0 Å². The van der Waals surface area contributed by atoms with Crippen LogP contribution in [0.15, 0.2) is 0 Å². The van der Waals surface area contributed by atoms with Crippen molar-refractivity contribution in [3.05, 3.63) is 0 Å². The zero-order valence-electron chi connectivity index (χ0n) is 21.4. The zero-order chi connectivity index (χ0) is 22.6. The Hall–Kier alpha value is 0.129. The van der Waals surface area contributed by atoms with Gasteiger partial charge in [-0.3, -0.25) is 0 Å². The molecule has 0 atom stereocenters. The minimum absolute atomic E-state index is 1.27. The molecule has 0 aromatic carbocycles. The van der Waals surface area contributed by atoms with Crippen LogP contribution in [0.25, 0.3) is 0 Å². The van der Waals surface area contributed by atoms with E-state index in [1.165, 1.54) is 54.4 Å². The third-order valence-corrected chi connectivity index (χ3v) is 29.5. The van der Waals surface area contributed by atoms with Gasteiger partial charge in [0, 0.05) is 0 Å². The first-order valence-electron chi connectivity index (χ1n) is 12.3. The molecule has 0 saturated heterocycles. The molecule has 0 unspecified atom stereocenters. The second-order valence-electron chi connectivity index (χ2n) is 8.90. The van der Waals surface area contributed by atoms with Crippen LogP contribution in [-0.4, -0.2) is 42.6 Å². The van der Waals surface area contributed by atoms with Crippen LogP contribution in [0.5, 0.6) is 0 Å². The minimum atomic E-state index is -3.09. The average Bonchev–Trinajstić information content (AvgIpc) is 2.78. The molecule has 0 N–H and O–H groups in total. The third-order valence-electron chi connectivity index (χ3n) is 7.82. The van der Waals surface area contributed by atoms with E-state index in [0.717, 1.165) is 0 Å². The summed E-state index contributed by atoms with van der Waals surface area (Å²) in [7, 11) is -4.35. The Bertz CT molecular complexity index is 548. The van der Waals surface area contributed by atoms with E-state index < -0.39 is 42.6 Å². The molecule has 0 rings (SSSR count). The molecule has 164 valence electrons. The summed E-state index contributed by atoms with van der Waals surface area (Å²) in [4.78, 5) is 2.42. The summed E-state index contributed by atoms with van der Waals surface area (Å²) in [6, 6.07) is 11.4. The van der Waals surface area contributed by atoms with E-state index in [1.54, 1.807) is 0 Å². The van der Waals surface area contributed by atoms with Crippen LogP contribution in [0, 0.1) is 28.4 Å². The van der Waals surface area contributed by atoms with E-state index in [9.17, 15) is 0 Å². The van der Waals surface area contributed by atoms with Crippen LogP contribution >= 0.6 is 0 Å². The van der Waals surface area contributed by atoms with Crippen molar-refractivity contribution in [3.63, 3.8) is 0 Å². The number of rotatable bonds is 9. The van der Waals surface area contributed by atoms with Gasteiger partial charge in [0.15, 0.2) is 0 Å². The van der Waals surface area contributed by atoms with Gasteiger partial charge in [0.05, 0.1) is 0 Å². The van der Waals surface area contributed by atoms with Gasteiger partial charge in [0.25, 0.3) is 0 Å². The van der Waals surface area contributed by atoms with E-state index in [4.69, 9.17) is 0 Å². The Kier molecular flexibility index (Phi) is 13.6. The SMILES string of the molecule is CC[Si](C#[C][Sn]([CH3])([C]#C[Si](CC)(CC)CC)[C]#C[Si](CC)(CC)CC)(CC)CC. The van der Waals surface area contributed by atoms with Gasteiger partial charge in [-0.15, -0.1) is 0 Å². The van der Waals surface area contributed by atoms with Crippen molar-refractivity contribution in [3.8, 4) is 28.4 Å². The fourth-order valence-electron chi connectivity index (χ4n) is 3.91. The number of hydrogen-bond donors (Lipinski definition) is 0. The van der Waals surface area contributed by atoms with Crippen molar-refractivity contribution in [2.24, 2.45) is 0 Å². The van der Waals surface area contributed by atoms with Crippen LogP contribution in [0.4, 0.5) is 0 Å². The molecule has 0 aliphatic rings. The standard InChI is InChI=1S/3C8H15Si.CH3.Sn/c3*1-5-9(6-2,7-3)8-4;;/h3*5-7H2,1-3H3;1H3;. The van der Waals surface area contributed by atoms with Crippen molar-refractivity contribution in [1.82, 2.24) is 0 Å². The first kappa shape index (κ1) is 29.1. The summed E-state index contributed by atoms with van der Waals surface area (Å²) >= 11 is -3.09. The summed E-state index contributed by atoms with van der Waals surface area (Å²) in [6.45, 7) is 21.2. The van der Waals surface area contributed by atoms with Crippen LogP contribution in [0.3, 0.4) is 0 Å². The molecule has 4 heteroatoms. The molecule has 0 saturated carbocycles. The van der Waals surface area contributed by atoms with Crippen LogP contribution in [0.2, 0.25) is 59.3 Å². The summed E-state index contributed by atoms with van der Waals surface area (Å²) in [5, 5.41) is 0. The average molecular weight is 552 g/mol. The molecule has 0 fully saturated rings. The van der Waals surface area contributed by atoms with E-state index >= 15 is 0 Å². The molecule has 0 aliphatic heterocycles. The molecule has 0 radical (unpaired) electrons. The van der Waals surface area contributed by atoms with Crippen LogP contribution in [0.1, 0.15) is 62.3 Å². The van der Waals surface area contributed by atoms with Gasteiger partial charge in [0.2, 0.25) is 0 Å². The molecule has 0 aliphatic carbocycles. The topological polar surface area (TPSA) is 0 Å². The van der Waals surface area contributed by atoms with Crippen molar-refractivity contribution in [2.75, 3.05) is 0 Å². The van der Waals surface area contributed by atoms with Crippen LogP contribution < -0.4 is 0 Å². The van der Waals surface area contributed by atoms with Crippen molar-refractivity contribution >= 4 is 42.6 Å². The Morgan fingerprint density at radius 1 is 0.414 bits per heavy atom. The van der Waals surface area contributed by atoms with E-state index in [0.29, 0.717) is 0 Å². The maximum absolute atomic E-state index is 3.91. The molecule has 0 spiro atoms. The van der Waals surface area contributed by atoms with Gasteiger partial charge in [-0.2, -0.15) is 0 Å². The Morgan fingerprint density at radius 3 is 0.724 bits per heavy atom. The fourth-order valence-corrected chi connectivity index (χ4v) is 25.3. The first-order chi connectivity index (χ1) is 13.7. The first-order valence-corrected chi connectivity index (χ1v) is 27.3. The fraction of sp³-hybridized carbons (Fsp3) is 0.760. The molecule has 0 bridgehead atoms. The monoisotopic (exact) mass is 552 g/mol. The van der Waals surface area contributed by atoms with Gasteiger partial charge >= 0.3 is 193 Å². The summed E-state index contributed by atoms with van der Waals surface area (Å²) < 4.78 is 11.7. The molecule has 0 aromatic rings. The van der Waals surface area contributed by atoms with Gasteiger partial charge in [0.1, 0.15) is 0 Å². The van der Waals surface area contributed by atoms with E-state index in [-0.39, 0.29) is 0 Å². The molecular formula is C25H48Si3Sn. The molecule has 0 nitrogen and oxygen atoms in total. The molecule has 29 heavy (non-hydrogen) atoms. The van der Waals surface area contributed by atoms with E-state index in [2.05, 4.69) is 95.7 Å². The van der Waals surface area contributed by atoms with Gasteiger partial charge < -0.3 is 0 Å². The van der Waals surface area contributed by atoms with Gasteiger partial charge in [-0.05, 0) is 0 Å². The molecular weight excluding hydrogens is 503 g/mol. The van der Waals surface area contributed by atoms with E-state index in [1.807, 2.05) is 0 Å². The molecule has 0 heterocycles. The van der Waals surface area contributed by atoms with Gasteiger partial charge in [-0.1, -0.05) is 0 Å². The number of hydrogen-bond acceptors (Lipinski definition) is 0. The predicted molar refractivity (Wildman–Crippen MR) is 147 cm³/mol. The summed E-state index contributed by atoms with van der Waals surface area (Å²) in [5.41, 5.74) is 11.7. The zero-order valence-corrected chi connectivity index (χ0v) is 27.2. The molecule has 0 aromatic heterocycles. The predicted octanol–water partition coefficient (Wildman–Crippen LogP) is 7.84.